The molecule has 2 aromatic heterocycles. The molecule has 1 N–H and O–H groups in total. The van der Waals surface area contributed by atoms with E-state index in [1.165, 1.54) is 32.1 Å². The van der Waals surface area contributed by atoms with Crippen LogP contribution in [0.1, 0.15) is 55.6 Å². The van der Waals surface area contributed by atoms with Crippen LogP contribution in [0.15, 0.2) is 18.6 Å². The van der Waals surface area contributed by atoms with Crippen LogP contribution in [0.4, 0.5) is 11.6 Å². The van der Waals surface area contributed by atoms with Crippen molar-refractivity contribution in [3.63, 3.8) is 0 Å². The smallest absolute Gasteiger partial charge is 0.223 e. The molecule has 1 fully saturated rings. The number of carbonyl (C=O) groups is 1. The zero-order valence-electron chi connectivity index (χ0n) is 15.8. The molecule has 0 radical (unpaired) electrons. The largest absolute Gasteiger partial charge is 0.336 e. The van der Waals surface area contributed by atoms with Crippen LogP contribution in [0.5, 0.6) is 0 Å². The van der Waals surface area contributed by atoms with E-state index in [1.54, 1.807) is 18.6 Å². The van der Waals surface area contributed by atoms with Crippen LogP contribution in [-0.4, -0.2) is 37.3 Å². The average molecular weight is 366 g/mol. The molecule has 0 saturated heterocycles. The van der Waals surface area contributed by atoms with Crippen molar-refractivity contribution in [2.45, 2.75) is 58.4 Å². The fourth-order valence-corrected chi connectivity index (χ4v) is 4.12. The van der Waals surface area contributed by atoms with E-state index >= 15 is 0 Å². The fraction of sp³-hybridized carbons (Fsp3) is 0.550. The highest BCUT2D eigenvalue weighted by atomic mass is 16.2. The van der Waals surface area contributed by atoms with Crippen molar-refractivity contribution >= 4 is 17.5 Å². The Balaban J connectivity index is 1.48. The maximum absolute atomic E-state index is 12.8. The van der Waals surface area contributed by atoms with E-state index in [1.807, 2.05) is 11.8 Å². The van der Waals surface area contributed by atoms with Gasteiger partial charge >= 0.3 is 0 Å². The molecule has 27 heavy (non-hydrogen) atoms. The number of nitrogens with one attached hydrogen (secondary N) is 1. The van der Waals surface area contributed by atoms with Crippen molar-refractivity contribution in [1.82, 2.24) is 24.8 Å². The van der Waals surface area contributed by atoms with Gasteiger partial charge in [-0.15, -0.1) is 0 Å². The molecule has 1 saturated carbocycles. The number of amides is 1. The summed E-state index contributed by atoms with van der Waals surface area (Å²) in [5.41, 5.74) is 2.02. The average Bonchev–Trinajstić information content (AvgIpc) is 2.69. The topological polar surface area (TPSA) is 83.9 Å². The molecule has 0 bridgehead atoms. The molecule has 7 nitrogen and oxygen atoms in total. The highest BCUT2D eigenvalue weighted by Gasteiger charge is 2.27. The van der Waals surface area contributed by atoms with Crippen molar-refractivity contribution < 1.29 is 4.79 Å². The van der Waals surface area contributed by atoms with Gasteiger partial charge in [0.15, 0.2) is 0 Å². The number of fused-ring (bicyclic) bond motifs is 1. The summed E-state index contributed by atoms with van der Waals surface area (Å²) in [7, 11) is 0. The van der Waals surface area contributed by atoms with Crippen LogP contribution in [0, 0.1) is 12.8 Å². The molecule has 4 rings (SSSR count). The Morgan fingerprint density at radius 2 is 2.07 bits per heavy atom. The maximum Gasteiger partial charge on any atom is 0.223 e. The summed E-state index contributed by atoms with van der Waals surface area (Å²) < 4.78 is 0. The third-order valence-corrected chi connectivity index (χ3v) is 5.53. The number of aryl methyl sites for hydroxylation is 1. The first-order valence-electron chi connectivity index (χ1n) is 9.86. The molecular weight excluding hydrogens is 340 g/mol. The Morgan fingerprint density at radius 1 is 1.22 bits per heavy atom. The van der Waals surface area contributed by atoms with E-state index in [0.29, 0.717) is 30.5 Å². The second kappa shape index (κ2) is 7.98. The van der Waals surface area contributed by atoms with E-state index in [2.05, 4.69) is 25.3 Å². The first-order chi connectivity index (χ1) is 13.2. The summed E-state index contributed by atoms with van der Waals surface area (Å²) in [5, 5.41) is 3.25. The van der Waals surface area contributed by atoms with Crippen molar-refractivity contribution in [2.75, 3.05) is 11.9 Å². The summed E-state index contributed by atoms with van der Waals surface area (Å²) in [6.07, 6.45) is 12.7. The van der Waals surface area contributed by atoms with Gasteiger partial charge in [-0.05, 0) is 32.1 Å². The molecule has 0 atom stereocenters. The summed E-state index contributed by atoms with van der Waals surface area (Å²) in [6, 6.07) is 0. The second-order valence-electron chi connectivity index (χ2n) is 7.53. The Morgan fingerprint density at radius 3 is 2.85 bits per heavy atom. The molecule has 1 amide bonds. The van der Waals surface area contributed by atoms with E-state index in [4.69, 9.17) is 0 Å². The van der Waals surface area contributed by atoms with Gasteiger partial charge < -0.3 is 10.2 Å². The molecule has 0 spiro atoms. The fourth-order valence-electron chi connectivity index (χ4n) is 4.12. The minimum atomic E-state index is 0.271. The molecule has 142 valence electrons. The first-order valence-corrected chi connectivity index (χ1v) is 9.86. The molecular formula is C20H26N6O. The van der Waals surface area contributed by atoms with Gasteiger partial charge in [-0.3, -0.25) is 9.78 Å². The normalized spacial score (nSPS) is 17.4. The van der Waals surface area contributed by atoms with Crippen LogP contribution >= 0.6 is 0 Å². The van der Waals surface area contributed by atoms with Gasteiger partial charge in [0.05, 0.1) is 18.4 Å². The maximum atomic E-state index is 12.8. The lowest BCUT2D eigenvalue weighted by Gasteiger charge is -2.31. The number of anilines is 2. The number of rotatable bonds is 4. The minimum Gasteiger partial charge on any atom is -0.336 e. The molecule has 2 aromatic rings. The molecule has 3 heterocycles. The summed E-state index contributed by atoms with van der Waals surface area (Å²) in [5.74, 6) is 2.97. The molecule has 1 aliphatic carbocycles. The minimum absolute atomic E-state index is 0.271. The summed E-state index contributed by atoms with van der Waals surface area (Å²) >= 11 is 0. The van der Waals surface area contributed by atoms with Gasteiger partial charge in [0.2, 0.25) is 5.91 Å². The van der Waals surface area contributed by atoms with Gasteiger partial charge in [0.25, 0.3) is 0 Å². The van der Waals surface area contributed by atoms with Crippen LogP contribution in [0.2, 0.25) is 0 Å². The number of hydrogen-bond acceptors (Lipinski definition) is 6. The van der Waals surface area contributed by atoms with Crippen LogP contribution < -0.4 is 5.32 Å². The Labute approximate surface area is 159 Å². The van der Waals surface area contributed by atoms with E-state index < -0.39 is 0 Å². The van der Waals surface area contributed by atoms with E-state index in [0.717, 1.165) is 30.0 Å². The lowest BCUT2D eigenvalue weighted by Crippen LogP contribution is -2.38. The monoisotopic (exact) mass is 366 g/mol. The van der Waals surface area contributed by atoms with Gasteiger partial charge in [-0.2, -0.15) is 0 Å². The number of hydrogen-bond donors (Lipinski definition) is 1. The van der Waals surface area contributed by atoms with Crippen molar-refractivity contribution in [2.24, 2.45) is 5.92 Å². The lowest BCUT2D eigenvalue weighted by atomic mass is 9.86. The predicted molar refractivity (Wildman–Crippen MR) is 102 cm³/mol. The van der Waals surface area contributed by atoms with Gasteiger partial charge in [0.1, 0.15) is 17.5 Å². The van der Waals surface area contributed by atoms with Crippen molar-refractivity contribution in [1.29, 1.82) is 0 Å². The third kappa shape index (κ3) is 4.23. The Hall–Kier alpha value is -2.57. The van der Waals surface area contributed by atoms with Gasteiger partial charge in [-0.25, -0.2) is 15.0 Å². The third-order valence-electron chi connectivity index (χ3n) is 5.53. The predicted octanol–water partition coefficient (Wildman–Crippen LogP) is 3.17. The van der Waals surface area contributed by atoms with Crippen LogP contribution in [0.3, 0.4) is 0 Å². The quantitative estimate of drug-likeness (QED) is 0.895. The molecule has 0 aromatic carbocycles. The molecule has 0 unspecified atom stereocenters. The van der Waals surface area contributed by atoms with Crippen molar-refractivity contribution in [3.05, 3.63) is 35.7 Å². The van der Waals surface area contributed by atoms with Gasteiger partial charge in [-0.1, -0.05) is 19.3 Å². The van der Waals surface area contributed by atoms with Crippen LogP contribution in [-0.2, 0) is 17.8 Å². The zero-order chi connectivity index (χ0) is 18.6. The highest BCUT2D eigenvalue weighted by molar-refractivity contribution is 5.77. The summed E-state index contributed by atoms with van der Waals surface area (Å²) in [4.78, 5) is 32.3. The van der Waals surface area contributed by atoms with Crippen LogP contribution in [0.25, 0.3) is 0 Å². The Kier molecular flexibility index (Phi) is 5.27. The number of carbonyl (C=O) groups excluding carboxylic acids is 1. The van der Waals surface area contributed by atoms with Crippen molar-refractivity contribution in [3.8, 4) is 0 Å². The van der Waals surface area contributed by atoms with E-state index in [9.17, 15) is 4.79 Å². The lowest BCUT2D eigenvalue weighted by molar-refractivity contribution is -0.133. The first kappa shape index (κ1) is 17.8. The molecule has 7 heteroatoms. The molecule has 2 aliphatic rings. The molecule has 1 aliphatic heterocycles. The van der Waals surface area contributed by atoms with E-state index in [-0.39, 0.29) is 5.91 Å². The second-order valence-corrected chi connectivity index (χ2v) is 7.53. The number of aromatic nitrogens is 4. The highest BCUT2D eigenvalue weighted by Crippen LogP contribution is 2.29. The SMILES string of the molecule is Cc1nc2c(c(Nc3cnccn3)n1)CCN(C(=O)CC1CCCCC1)C2. The Bertz CT molecular complexity index is 804. The number of nitrogens with zero attached hydrogens (tertiary/aromatic N) is 5. The van der Waals surface area contributed by atoms with Gasteiger partial charge in [0, 0.05) is 30.9 Å². The standard InChI is InChI=1S/C20H26N6O/c1-14-23-17-13-26(19(27)11-15-5-3-2-4-6-15)10-7-16(17)20(24-14)25-18-12-21-8-9-22-18/h8-9,12,15H,2-7,10-11,13H2,1H3,(H,22,23,24,25). The zero-order valence-corrected chi connectivity index (χ0v) is 15.8. The summed E-state index contributed by atoms with van der Waals surface area (Å²) in [6.45, 7) is 3.17.